The third kappa shape index (κ3) is 3.53. The summed E-state index contributed by atoms with van der Waals surface area (Å²) in [5, 5.41) is 3.31. The van der Waals surface area contributed by atoms with Crippen molar-refractivity contribution in [3.63, 3.8) is 0 Å². The van der Waals surface area contributed by atoms with Gasteiger partial charge in [0, 0.05) is 25.6 Å². The maximum absolute atomic E-state index is 12.1. The van der Waals surface area contributed by atoms with Crippen LogP contribution in [0.4, 0.5) is 0 Å². The minimum absolute atomic E-state index is 0.274. The quantitative estimate of drug-likeness (QED) is 0.835. The largest absolute Gasteiger partial charge is 0.379 e. The molecule has 0 spiro atoms. The summed E-state index contributed by atoms with van der Waals surface area (Å²) in [5.41, 5.74) is 0. The number of amides is 1. The number of ether oxygens (including phenoxy) is 1. The van der Waals surface area contributed by atoms with Gasteiger partial charge in [0.25, 0.3) is 0 Å². The summed E-state index contributed by atoms with van der Waals surface area (Å²) in [6.07, 6.45) is 8.32. The molecule has 1 amide bonds. The highest BCUT2D eigenvalue weighted by molar-refractivity contribution is 5.76. The number of hydrogen-bond donors (Lipinski definition) is 1. The number of fused-ring (bicyclic) bond motifs is 1. The van der Waals surface area contributed by atoms with E-state index in [0.717, 1.165) is 51.1 Å². The second-order valence-electron chi connectivity index (χ2n) is 6.66. The van der Waals surface area contributed by atoms with E-state index in [9.17, 15) is 4.79 Å². The van der Waals surface area contributed by atoms with Crippen molar-refractivity contribution in [2.24, 2.45) is 11.8 Å². The standard InChI is InChI=1S/C16H28N2O2/c19-16(5-2-8-18-9-11-20-12-10-18)17-15-7-6-13-3-1-4-14(13)15/h13-15H,1-12H2,(H,17,19). The van der Waals surface area contributed by atoms with Crippen LogP contribution in [0.1, 0.15) is 44.9 Å². The third-order valence-electron chi connectivity index (χ3n) is 5.41. The first-order chi connectivity index (χ1) is 9.83. The highest BCUT2D eigenvalue weighted by Gasteiger charge is 2.39. The lowest BCUT2D eigenvalue weighted by atomic mass is 9.97. The molecule has 3 aliphatic rings. The van der Waals surface area contributed by atoms with Crippen LogP contribution in [0.15, 0.2) is 0 Å². The molecule has 3 rings (SSSR count). The Morgan fingerprint density at radius 3 is 2.85 bits per heavy atom. The van der Waals surface area contributed by atoms with Crippen molar-refractivity contribution >= 4 is 5.91 Å². The van der Waals surface area contributed by atoms with Crippen LogP contribution in [0, 0.1) is 11.8 Å². The number of hydrogen-bond acceptors (Lipinski definition) is 3. The zero-order valence-corrected chi connectivity index (χ0v) is 12.5. The van der Waals surface area contributed by atoms with E-state index in [1.54, 1.807) is 0 Å². The summed E-state index contributed by atoms with van der Waals surface area (Å²) in [4.78, 5) is 14.5. The van der Waals surface area contributed by atoms with E-state index < -0.39 is 0 Å². The van der Waals surface area contributed by atoms with Gasteiger partial charge in [-0.1, -0.05) is 12.8 Å². The molecule has 1 saturated heterocycles. The summed E-state index contributed by atoms with van der Waals surface area (Å²) in [5.74, 6) is 1.97. The first-order valence-electron chi connectivity index (χ1n) is 8.42. The molecule has 0 bridgehead atoms. The molecule has 2 saturated carbocycles. The molecule has 3 atom stereocenters. The van der Waals surface area contributed by atoms with Crippen molar-refractivity contribution in [3.8, 4) is 0 Å². The van der Waals surface area contributed by atoms with Gasteiger partial charge in [0.2, 0.25) is 5.91 Å². The number of rotatable bonds is 5. The van der Waals surface area contributed by atoms with Gasteiger partial charge >= 0.3 is 0 Å². The van der Waals surface area contributed by atoms with E-state index in [4.69, 9.17) is 4.74 Å². The molecule has 1 aliphatic heterocycles. The van der Waals surface area contributed by atoms with Gasteiger partial charge in [-0.2, -0.15) is 0 Å². The molecule has 114 valence electrons. The second kappa shape index (κ2) is 6.90. The molecule has 20 heavy (non-hydrogen) atoms. The third-order valence-corrected chi connectivity index (χ3v) is 5.41. The van der Waals surface area contributed by atoms with Crippen molar-refractivity contribution < 1.29 is 9.53 Å². The number of morpholine rings is 1. The summed E-state index contributed by atoms with van der Waals surface area (Å²) in [6.45, 7) is 4.77. The van der Waals surface area contributed by atoms with Crippen molar-refractivity contribution in [2.75, 3.05) is 32.8 Å². The SMILES string of the molecule is O=C(CCCN1CCOCC1)NC1CCC2CCCC21. The van der Waals surface area contributed by atoms with Gasteiger partial charge in [0.05, 0.1) is 13.2 Å². The van der Waals surface area contributed by atoms with Gasteiger partial charge < -0.3 is 10.1 Å². The zero-order chi connectivity index (χ0) is 13.8. The van der Waals surface area contributed by atoms with Crippen molar-refractivity contribution in [1.82, 2.24) is 10.2 Å². The molecule has 4 nitrogen and oxygen atoms in total. The Morgan fingerprint density at radius 2 is 2.00 bits per heavy atom. The molecule has 1 heterocycles. The van der Waals surface area contributed by atoms with Crippen molar-refractivity contribution in [2.45, 2.75) is 51.0 Å². The summed E-state index contributed by atoms with van der Waals surface area (Å²) in [7, 11) is 0. The van der Waals surface area contributed by atoms with Gasteiger partial charge in [-0.05, 0) is 44.1 Å². The van der Waals surface area contributed by atoms with E-state index in [0.29, 0.717) is 12.5 Å². The van der Waals surface area contributed by atoms with E-state index in [-0.39, 0.29) is 5.91 Å². The van der Waals surface area contributed by atoms with Crippen LogP contribution in [0.25, 0.3) is 0 Å². The average molecular weight is 280 g/mol. The molecule has 0 aromatic heterocycles. The topological polar surface area (TPSA) is 41.6 Å². The van der Waals surface area contributed by atoms with Gasteiger partial charge in [0.15, 0.2) is 0 Å². The average Bonchev–Trinajstić information content (AvgIpc) is 3.05. The fourth-order valence-electron chi connectivity index (χ4n) is 4.31. The maximum atomic E-state index is 12.1. The highest BCUT2D eigenvalue weighted by Crippen LogP contribution is 2.43. The highest BCUT2D eigenvalue weighted by atomic mass is 16.5. The molecule has 0 radical (unpaired) electrons. The molecule has 4 heteroatoms. The molecular formula is C16H28N2O2. The number of carbonyl (C=O) groups excluding carboxylic acids is 1. The van der Waals surface area contributed by atoms with Crippen molar-refractivity contribution in [1.29, 1.82) is 0 Å². The lowest BCUT2D eigenvalue weighted by Crippen LogP contribution is -2.39. The van der Waals surface area contributed by atoms with Crippen LogP contribution in [0.5, 0.6) is 0 Å². The number of carbonyl (C=O) groups is 1. The molecule has 2 aliphatic carbocycles. The van der Waals surface area contributed by atoms with Crippen molar-refractivity contribution in [3.05, 3.63) is 0 Å². The Balaban J connectivity index is 1.33. The monoisotopic (exact) mass is 280 g/mol. The number of nitrogens with one attached hydrogen (secondary N) is 1. The van der Waals surface area contributed by atoms with E-state index in [1.807, 2.05) is 0 Å². The Kier molecular flexibility index (Phi) is 4.94. The first-order valence-corrected chi connectivity index (χ1v) is 8.42. The zero-order valence-electron chi connectivity index (χ0n) is 12.5. The minimum Gasteiger partial charge on any atom is -0.379 e. The Morgan fingerprint density at radius 1 is 1.15 bits per heavy atom. The molecule has 1 N–H and O–H groups in total. The van der Waals surface area contributed by atoms with Crippen LogP contribution in [0.3, 0.4) is 0 Å². The lowest BCUT2D eigenvalue weighted by molar-refractivity contribution is -0.122. The fraction of sp³-hybridized carbons (Fsp3) is 0.938. The smallest absolute Gasteiger partial charge is 0.220 e. The van der Waals surface area contributed by atoms with Gasteiger partial charge in [-0.15, -0.1) is 0 Å². The van der Waals surface area contributed by atoms with E-state index >= 15 is 0 Å². The van der Waals surface area contributed by atoms with Gasteiger partial charge in [-0.25, -0.2) is 0 Å². The van der Waals surface area contributed by atoms with Gasteiger partial charge in [-0.3, -0.25) is 9.69 Å². The summed E-state index contributed by atoms with van der Waals surface area (Å²) < 4.78 is 5.33. The first kappa shape index (κ1) is 14.3. The molecular weight excluding hydrogens is 252 g/mol. The molecule has 0 aromatic rings. The second-order valence-corrected chi connectivity index (χ2v) is 6.66. The van der Waals surface area contributed by atoms with E-state index in [2.05, 4.69) is 10.2 Å². The maximum Gasteiger partial charge on any atom is 0.220 e. The molecule has 0 aromatic carbocycles. The van der Waals surface area contributed by atoms with Gasteiger partial charge in [0.1, 0.15) is 0 Å². The predicted octanol–water partition coefficient (Wildman–Crippen LogP) is 1.79. The molecule has 3 unspecified atom stereocenters. The fourth-order valence-corrected chi connectivity index (χ4v) is 4.31. The van der Waals surface area contributed by atoms with Crippen LogP contribution in [-0.2, 0) is 9.53 Å². The minimum atomic E-state index is 0.274. The summed E-state index contributed by atoms with van der Waals surface area (Å²) in [6, 6.07) is 0.485. The predicted molar refractivity (Wildman–Crippen MR) is 78.5 cm³/mol. The Hall–Kier alpha value is -0.610. The van der Waals surface area contributed by atoms with E-state index in [1.165, 1.54) is 32.1 Å². The Labute approximate surface area is 122 Å². The normalized spacial score (nSPS) is 34.1. The number of nitrogens with zero attached hydrogens (tertiary/aromatic N) is 1. The Bertz CT molecular complexity index is 328. The lowest BCUT2D eigenvalue weighted by Gasteiger charge is -2.26. The molecule has 3 fully saturated rings. The van der Waals surface area contributed by atoms with Crippen LogP contribution < -0.4 is 5.32 Å². The summed E-state index contributed by atoms with van der Waals surface area (Å²) >= 11 is 0. The van der Waals surface area contributed by atoms with Crippen LogP contribution in [-0.4, -0.2) is 49.7 Å². The van der Waals surface area contributed by atoms with Crippen LogP contribution in [0.2, 0.25) is 0 Å². The van der Waals surface area contributed by atoms with Crippen LogP contribution >= 0.6 is 0 Å².